The van der Waals surface area contributed by atoms with Gasteiger partial charge in [-0.15, -0.1) is 0 Å². The predicted octanol–water partition coefficient (Wildman–Crippen LogP) is 3.69. The summed E-state index contributed by atoms with van der Waals surface area (Å²) in [6.07, 6.45) is 5.79. The van der Waals surface area contributed by atoms with Gasteiger partial charge >= 0.3 is 0 Å². The average Bonchev–Trinajstić information content (AvgIpc) is 2.90. The third-order valence-electron chi connectivity index (χ3n) is 4.86. The van der Waals surface area contributed by atoms with E-state index in [0.29, 0.717) is 24.3 Å². The van der Waals surface area contributed by atoms with E-state index in [1.165, 1.54) is 12.1 Å². The van der Waals surface area contributed by atoms with Gasteiger partial charge in [-0.25, -0.2) is 8.78 Å². The highest BCUT2D eigenvalue weighted by Crippen LogP contribution is 2.33. The molecule has 1 saturated carbocycles. The number of piperidine rings is 1. The van der Waals surface area contributed by atoms with E-state index in [2.05, 4.69) is 4.90 Å². The highest BCUT2D eigenvalue weighted by atomic mass is 19.1. The Labute approximate surface area is 124 Å². The lowest BCUT2D eigenvalue weighted by atomic mass is 9.88. The van der Waals surface area contributed by atoms with Crippen LogP contribution in [0.25, 0.3) is 0 Å². The third kappa shape index (κ3) is 3.15. The first-order valence-corrected chi connectivity index (χ1v) is 7.86. The fourth-order valence-electron chi connectivity index (χ4n) is 3.80. The zero-order valence-electron chi connectivity index (χ0n) is 12.2. The van der Waals surface area contributed by atoms with Crippen molar-refractivity contribution in [2.24, 2.45) is 5.92 Å². The number of ketones is 1. The van der Waals surface area contributed by atoms with Crippen molar-refractivity contribution in [2.45, 2.75) is 51.1 Å². The van der Waals surface area contributed by atoms with Gasteiger partial charge < -0.3 is 0 Å². The van der Waals surface area contributed by atoms with Crippen LogP contribution >= 0.6 is 0 Å². The first kappa shape index (κ1) is 14.6. The van der Waals surface area contributed by atoms with Crippen LogP contribution in [-0.4, -0.2) is 23.3 Å². The first-order chi connectivity index (χ1) is 10.1. The summed E-state index contributed by atoms with van der Waals surface area (Å²) in [7, 11) is 0. The van der Waals surface area contributed by atoms with Gasteiger partial charge in [-0.3, -0.25) is 9.69 Å². The number of benzene rings is 1. The van der Waals surface area contributed by atoms with Gasteiger partial charge in [-0.1, -0.05) is 6.42 Å². The standard InChI is InChI=1S/C17H21F2NO/c18-13-7-8-15(19)12(10-13)11-20-9-2-1-5-16(20)14-4-3-6-17(14)21/h7-8,10,14,16H,1-6,9,11H2. The molecule has 1 heterocycles. The second-order valence-electron chi connectivity index (χ2n) is 6.23. The number of Topliss-reactive ketones (excluding diaryl/α,β-unsaturated/α-hetero) is 1. The van der Waals surface area contributed by atoms with E-state index >= 15 is 0 Å². The van der Waals surface area contributed by atoms with Gasteiger partial charge in [-0.2, -0.15) is 0 Å². The topological polar surface area (TPSA) is 20.3 Å². The largest absolute Gasteiger partial charge is 0.299 e. The molecule has 2 unspecified atom stereocenters. The van der Waals surface area contributed by atoms with Gasteiger partial charge in [0.2, 0.25) is 0 Å². The van der Waals surface area contributed by atoms with E-state index in [9.17, 15) is 13.6 Å². The maximum Gasteiger partial charge on any atom is 0.137 e. The molecular weight excluding hydrogens is 272 g/mol. The molecule has 0 aromatic heterocycles. The Kier molecular flexibility index (Phi) is 4.34. The van der Waals surface area contributed by atoms with E-state index in [4.69, 9.17) is 0 Å². The molecule has 1 aromatic carbocycles. The Morgan fingerprint density at radius 2 is 2.00 bits per heavy atom. The molecule has 21 heavy (non-hydrogen) atoms. The lowest BCUT2D eigenvalue weighted by Gasteiger charge is -2.38. The van der Waals surface area contributed by atoms with Crippen molar-refractivity contribution in [1.82, 2.24) is 4.90 Å². The summed E-state index contributed by atoms with van der Waals surface area (Å²) in [4.78, 5) is 14.2. The van der Waals surface area contributed by atoms with Gasteiger partial charge in [0.25, 0.3) is 0 Å². The minimum atomic E-state index is -0.406. The molecule has 1 saturated heterocycles. The van der Waals surface area contributed by atoms with Gasteiger partial charge in [0.05, 0.1) is 0 Å². The number of likely N-dealkylation sites (tertiary alicyclic amines) is 1. The molecule has 114 valence electrons. The lowest BCUT2D eigenvalue weighted by Crippen LogP contribution is -2.45. The van der Waals surface area contributed by atoms with E-state index in [1.807, 2.05) is 0 Å². The number of hydrogen-bond acceptors (Lipinski definition) is 2. The minimum absolute atomic E-state index is 0.0990. The summed E-state index contributed by atoms with van der Waals surface area (Å²) in [6.45, 7) is 1.27. The van der Waals surface area contributed by atoms with Crippen LogP contribution < -0.4 is 0 Å². The first-order valence-electron chi connectivity index (χ1n) is 7.86. The average molecular weight is 293 g/mol. The number of rotatable bonds is 3. The van der Waals surface area contributed by atoms with Crippen molar-refractivity contribution in [2.75, 3.05) is 6.54 Å². The Morgan fingerprint density at radius 3 is 2.76 bits per heavy atom. The Hall–Kier alpha value is -1.29. The van der Waals surface area contributed by atoms with Crippen molar-refractivity contribution in [3.63, 3.8) is 0 Å². The van der Waals surface area contributed by atoms with Crippen LogP contribution in [0.3, 0.4) is 0 Å². The van der Waals surface area contributed by atoms with Gasteiger partial charge in [0.1, 0.15) is 17.4 Å². The molecule has 2 nitrogen and oxygen atoms in total. The van der Waals surface area contributed by atoms with Crippen LogP contribution in [0.1, 0.15) is 44.1 Å². The second kappa shape index (κ2) is 6.22. The quantitative estimate of drug-likeness (QED) is 0.847. The summed E-state index contributed by atoms with van der Waals surface area (Å²) in [5.41, 5.74) is 0.396. The van der Waals surface area contributed by atoms with Crippen LogP contribution in [0.15, 0.2) is 18.2 Å². The van der Waals surface area contributed by atoms with Crippen molar-refractivity contribution >= 4 is 5.78 Å². The SMILES string of the molecule is O=C1CCCC1C1CCCCN1Cc1cc(F)ccc1F. The fourth-order valence-corrected chi connectivity index (χ4v) is 3.80. The third-order valence-corrected chi connectivity index (χ3v) is 4.86. The van der Waals surface area contributed by atoms with Gasteiger partial charge in [-0.05, 0) is 50.4 Å². The number of nitrogens with zero attached hydrogens (tertiary/aromatic N) is 1. The maximum absolute atomic E-state index is 13.8. The molecule has 0 radical (unpaired) electrons. The van der Waals surface area contributed by atoms with Crippen LogP contribution in [0.2, 0.25) is 0 Å². The van der Waals surface area contributed by atoms with E-state index in [0.717, 1.165) is 44.7 Å². The molecule has 2 atom stereocenters. The molecule has 0 N–H and O–H groups in total. The van der Waals surface area contributed by atoms with Crippen LogP contribution in [0, 0.1) is 17.6 Å². The Balaban J connectivity index is 1.78. The van der Waals surface area contributed by atoms with Gasteiger partial charge in [0.15, 0.2) is 0 Å². The molecular formula is C17H21F2NO. The van der Waals surface area contributed by atoms with Crippen molar-refractivity contribution in [3.8, 4) is 0 Å². The molecule has 1 aromatic rings. The maximum atomic E-state index is 13.8. The van der Waals surface area contributed by atoms with E-state index < -0.39 is 5.82 Å². The molecule has 2 aliphatic rings. The highest BCUT2D eigenvalue weighted by molar-refractivity contribution is 5.83. The lowest BCUT2D eigenvalue weighted by molar-refractivity contribution is -0.123. The predicted molar refractivity (Wildman–Crippen MR) is 76.8 cm³/mol. The molecule has 1 aliphatic heterocycles. The zero-order valence-corrected chi connectivity index (χ0v) is 12.2. The fraction of sp³-hybridized carbons (Fsp3) is 0.588. The Morgan fingerprint density at radius 1 is 1.14 bits per heavy atom. The van der Waals surface area contributed by atoms with Crippen LogP contribution in [0.5, 0.6) is 0 Å². The molecule has 0 spiro atoms. The van der Waals surface area contributed by atoms with Crippen molar-refractivity contribution < 1.29 is 13.6 Å². The molecule has 1 aliphatic carbocycles. The number of carbonyl (C=O) groups excluding carboxylic acids is 1. The van der Waals surface area contributed by atoms with Crippen molar-refractivity contribution in [3.05, 3.63) is 35.4 Å². The molecule has 2 fully saturated rings. The molecule has 3 rings (SSSR count). The number of hydrogen-bond donors (Lipinski definition) is 0. The van der Waals surface area contributed by atoms with Crippen LogP contribution in [0.4, 0.5) is 8.78 Å². The summed E-state index contributed by atoms with van der Waals surface area (Å²) >= 11 is 0. The number of halogens is 2. The summed E-state index contributed by atoms with van der Waals surface area (Å²) in [6, 6.07) is 3.81. The monoisotopic (exact) mass is 293 g/mol. The zero-order chi connectivity index (χ0) is 14.8. The molecule has 4 heteroatoms. The minimum Gasteiger partial charge on any atom is -0.299 e. The normalized spacial score (nSPS) is 27.2. The summed E-state index contributed by atoms with van der Waals surface area (Å²) in [5, 5.41) is 0. The van der Waals surface area contributed by atoms with Crippen LogP contribution in [-0.2, 0) is 11.3 Å². The Bertz CT molecular complexity index is 532. The number of carbonyl (C=O) groups is 1. The highest BCUT2D eigenvalue weighted by Gasteiger charge is 2.36. The molecule has 0 bridgehead atoms. The molecule has 0 amide bonds. The summed E-state index contributed by atoms with van der Waals surface area (Å²) in [5.74, 6) is -0.316. The van der Waals surface area contributed by atoms with Crippen molar-refractivity contribution in [1.29, 1.82) is 0 Å². The second-order valence-corrected chi connectivity index (χ2v) is 6.23. The van der Waals surface area contributed by atoms with Gasteiger partial charge in [0, 0.05) is 30.5 Å². The van der Waals surface area contributed by atoms with E-state index in [-0.39, 0.29) is 17.8 Å². The summed E-state index contributed by atoms with van der Waals surface area (Å²) < 4.78 is 27.2. The van der Waals surface area contributed by atoms with E-state index in [1.54, 1.807) is 0 Å². The smallest absolute Gasteiger partial charge is 0.137 e.